The zero-order valence-electron chi connectivity index (χ0n) is 12.5. The summed E-state index contributed by atoms with van der Waals surface area (Å²) in [7, 11) is 0. The summed E-state index contributed by atoms with van der Waals surface area (Å²) in [5.74, 6) is 3.22. The van der Waals surface area contributed by atoms with Crippen LogP contribution in [0.1, 0.15) is 19.3 Å². The van der Waals surface area contributed by atoms with Gasteiger partial charge in [0.1, 0.15) is 11.6 Å². The first-order valence-corrected chi connectivity index (χ1v) is 7.61. The Morgan fingerprint density at radius 2 is 1.83 bits per heavy atom. The molecule has 128 valence electrons. The average molecular weight is 356 g/mol. The number of ether oxygens (including phenoxy) is 1. The zero-order chi connectivity index (χ0) is 17.5. The van der Waals surface area contributed by atoms with E-state index in [1.807, 2.05) is 0 Å². The van der Waals surface area contributed by atoms with Crippen molar-refractivity contribution < 1.29 is 23.5 Å². The quantitative estimate of drug-likeness (QED) is 0.408. The van der Waals surface area contributed by atoms with E-state index in [4.69, 9.17) is 22.2 Å². The fourth-order valence-corrected chi connectivity index (χ4v) is 3.55. The Bertz CT molecular complexity index is 720. The largest absolute Gasteiger partial charge is 0.484 e. The van der Waals surface area contributed by atoms with Crippen LogP contribution in [0.25, 0.3) is 0 Å². The van der Waals surface area contributed by atoms with Gasteiger partial charge >= 0.3 is 0 Å². The van der Waals surface area contributed by atoms with Crippen LogP contribution < -0.4 is 21.3 Å². The minimum atomic E-state index is -0.672. The van der Waals surface area contributed by atoms with Crippen molar-refractivity contribution >= 4 is 29.3 Å². The predicted molar refractivity (Wildman–Crippen MR) is 81.1 cm³/mol. The lowest BCUT2D eigenvalue weighted by Gasteiger charge is -2.67. The van der Waals surface area contributed by atoms with Crippen LogP contribution in [0.15, 0.2) is 18.2 Å². The number of hydrogen-bond acceptors (Lipinski definition) is 5. The maximum absolute atomic E-state index is 13.3. The molecule has 3 saturated carbocycles. The number of nitrogens with one attached hydrogen (secondary N) is 2. The summed E-state index contributed by atoms with van der Waals surface area (Å²) in [4.78, 5) is 35.5. The fraction of sp³-hybridized carbons (Fsp3) is 0.400. The van der Waals surface area contributed by atoms with Crippen molar-refractivity contribution in [3.05, 3.63) is 29.0 Å². The van der Waals surface area contributed by atoms with Crippen molar-refractivity contribution in [2.24, 2.45) is 16.7 Å². The molecule has 2 bridgehead atoms. The molecular formula is C15H15ClFN3O4. The Morgan fingerprint density at radius 3 is 2.42 bits per heavy atom. The van der Waals surface area contributed by atoms with E-state index < -0.39 is 35.1 Å². The number of rotatable bonds is 5. The smallest absolute Gasteiger partial charge is 0.264 e. The van der Waals surface area contributed by atoms with Gasteiger partial charge in [-0.1, -0.05) is 11.6 Å². The van der Waals surface area contributed by atoms with Crippen molar-refractivity contribution in [2.75, 3.05) is 6.61 Å². The molecule has 0 spiro atoms. The molecule has 0 heterocycles. The maximum Gasteiger partial charge on any atom is 0.264 e. The standard InChI is InChI=1S/C15H15ClFN3O4/c16-9-2-1-8(3-10(9)17)24-4-11(21)19-12(22)14-5-15(6-14,7-14)13(23)20-18/h1-3H,4-7,18H2,(H,20,23)(H,19,21,22). The topological polar surface area (TPSA) is 111 Å². The molecule has 0 unspecified atom stereocenters. The molecule has 4 N–H and O–H groups in total. The summed E-state index contributed by atoms with van der Waals surface area (Å²) < 4.78 is 18.4. The molecule has 0 aliphatic heterocycles. The Kier molecular flexibility index (Phi) is 3.97. The van der Waals surface area contributed by atoms with Gasteiger partial charge in [0.25, 0.3) is 5.91 Å². The number of benzene rings is 1. The van der Waals surface area contributed by atoms with E-state index >= 15 is 0 Å². The van der Waals surface area contributed by atoms with Crippen LogP contribution in [0, 0.1) is 16.6 Å². The monoisotopic (exact) mass is 355 g/mol. The van der Waals surface area contributed by atoms with Crippen LogP contribution >= 0.6 is 11.6 Å². The average Bonchev–Trinajstić information content (AvgIpc) is 2.45. The molecule has 0 atom stereocenters. The zero-order valence-corrected chi connectivity index (χ0v) is 13.3. The molecule has 0 saturated heterocycles. The molecule has 3 fully saturated rings. The van der Waals surface area contributed by atoms with Gasteiger partial charge in [-0.3, -0.25) is 25.1 Å². The highest BCUT2D eigenvalue weighted by Crippen LogP contribution is 2.73. The van der Waals surface area contributed by atoms with Gasteiger partial charge in [0.15, 0.2) is 6.61 Å². The highest BCUT2D eigenvalue weighted by Gasteiger charge is 2.74. The third-order valence-corrected chi connectivity index (χ3v) is 4.95. The molecule has 1 aromatic rings. The molecule has 0 aromatic heterocycles. The minimum absolute atomic E-state index is 0.0546. The van der Waals surface area contributed by atoms with E-state index in [2.05, 4.69) is 10.7 Å². The third kappa shape index (κ3) is 2.61. The van der Waals surface area contributed by atoms with Crippen LogP contribution in [-0.2, 0) is 14.4 Å². The number of nitrogens with two attached hydrogens (primary N) is 1. The van der Waals surface area contributed by atoms with Crippen molar-refractivity contribution in [2.45, 2.75) is 19.3 Å². The Labute approximate surface area is 141 Å². The second-order valence-corrected chi connectivity index (χ2v) is 6.71. The van der Waals surface area contributed by atoms with Gasteiger partial charge in [-0.2, -0.15) is 0 Å². The van der Waals surface area contributed by atoms with Crippen LogP contribution in [0.2, 0.25) is 5.02 Å². The molecule has 7 nitrogen and oxygen atoms in total. The molecule has 1 aromatic carbocycles. The lowest BCUT2D eigenvalue weighted by Crippen LogP contribution is -2.73. The van der Waals surface area contributed by atoms with Gasteiger partial charge in [-0.25, -0.2) is 10.2 Å². The number of hydrazine groups is 1. The fourth-order valence-electron chi connectivity index (χ4n) is 3.43. The summed E-state index contributed by atoms with van der Waals surface area (Å²) in [6, 6.07) is 3.77. The van der Waals surface area contributed by atoms with E-state index in [-0.39, 0.29) is 16.7 Å². The van der Waals surface area contributed by atoms with E-state index in [1.165, 1.54) is 12.1 Å². The first-order chi connectivity index (χ1) is 11.3. The second-order valence-electron chi connectivity index (χ2n) is 6.31. The lowest BCUT2D eigenvalue weighted by atomic mass is 9.34. The highest BCUT2D eigenvalue weighted by atomic mass is 35.5. The maximum atomic E-state index is 13.3. The van der Waals surface area contributed by atoms with E-state index in [0.29, 0.717) is 19.3 Å². The van der Waals surface area contributed by atoms with Crippen LogP contribution in [0.5, 0.6) is 5.75 Å². The summed E-state index contributed by atoms with van der Waals surface area (Å²) in [6.07, 6.45) is 1.14. The van der Waals surface area contributed by atoms with E-state index in [0.717, 1.165) is 6.07 Å². The molecule has 3 aliphatic rings. The first kappa shape index (κ1) is 16.7. The lowest BCUT2D eigenvalue weighted by molar-refractivity contribution is -0.208. The van der Waals surface area contributed by atoms with Crippen molar-refractivity contribution in [1.82, 2.24) is 10.7 Å². The second kappa shape index (κ2) is 5.71. The molecular weight excluding hydrogens is 341 g/mol. The van der Waals surface area contributed by atoms with Gasteiger partial charge < -0.3 is 4.74 Å². The Hall–Kier alpha value is -2.19. The van der Waals surface area contributed by atoms with Gasteiger partial charge in [0.2, 0.25) is 11.8 Å². The summed E-state index contributed by atoms with van der Waals surface area (Å²) >= 11 is 5.54. The molecule has 0 radical (unpaired) electrons. The summed E-state index contributed by atoms with van der Waals surface area (Å²) in [6.45, 7) is -0.433. The predicted octanol–water partition coefficient (Wildman–Crippen LogP) is 0.661. The molecule has 4 rings (SSSR count). The van der Waals surface area contributed by atoms with Gasteiger partial charge in [0.05, 0.1) is 15.9 Å². The minimum Gasteiger partial charge on any atom is -0.484 e. The van der Waals surface area contributed by atoms with Gasteiger partial charge in [-0.05, 0) is 31.4 Å². The van der Waals surface area contributed by atoms with Gasteiger partial charge in [0, 0.05) is 6.07 Å². The van der Waals surface area contributed by atoms with E-state index in [9.17, 15) is 18.8 Å². The Balaban J connectivity index is 1.47. The number of imide groups is 1. The molecule has 3 aliphatic carbocycles. The molecule has 24 heavy (non-hydrogen) atoms. The summed E-state index contributed by atoms with van der Waals surface area (Å²) in [5.41, 5.74) is 0.856. The van der Waals surface area contributed by atoms with Crippen molar-refractivity contribution in [3.63, 3.8) is 0 Å². The normalized spacial score (nSPS) is 26.6. The number of halogens is 2. The van der Waals surface area contributed by atoms with Crippen LogP contribution in [0.4, 0.5) is 4.39 Å². The first-order valence-electron chi connectivity index (χ1n) is 7.23. The molecule has 9 heteroatoms. The van der Waals surface area contributed by atoms with Crippen LogP contribution in [-0.4, -0.2) is 24.3 Å². The van der Waals surface area contributed by atoms with Crippen molar-refractivity contribution in [3.8, 4) is 5.75 Å². The molecule has 3 amide bonds. The number of amides is 3. The number of hydrogen-bond donors (Lipinski definition) is 3. The third-order valence-electron chi connectivity index (χ3n) is 4.64. The summed E-state index contributed by atoms with van der Waals surface area (Å²) in [5, 5.41) is 2.19. The van der Waals surface area contributed by atoms with Crippen molar-refractivity contribution in [1.29, 1.82) is 0 Å². The number of carbonyl (C=O) groups excluding carboxylic acids is 3. The van der Waals surface area contributed by atoms with E-state index in [1.54, 1.807) is 0 Å². The van der Waals surface area contributed by atoms with Gasteiger partial charge in [-0.15, -0.1) is 0 Å². The SMILES string of the molecule is NNC(=O)C12CC(C(=O)NC(=O)COc3ccc(Cl)c(F)c3)(C1)C2. The highest BCUT2D eigenvalue weighted by molar-refractivity contribution is 6.30. The number of carbonyl (C=O) groups is 3. The Morgan fingerprint density at radius 1 is 1.21 bits per heavy atom. The van der Waals surface area contributed by atoms with Crippen LogP contribution in [0.3, 0.4) is 0 Å².